The summed E-state index contributed by atoms with van der Waals surface area (Å²) in [4.78, 5) is 4.64. The Morgan fingerprint density at radius 1 is 1.31 bits per heavy atom. The normalized spacial score (nSPS) is 22.4. The number of oxime groups is 1. The maximum absolute atomic E-state index is 4.64. The second-order valence-corrected chi connectivity index (χ2v) is 4.76. The molecule has 1 aliphatic rings. The molecule has 0 spiro atoms. The molecule has 84 valence electrons. The van der Waals surface area contributed by atoms with Crippen LogP contribution >= 0.6 is 0 Å². The van der Waals surface area contributed by atoms with Crippen molar-refractivity contribution in [2.45, 2.75) is 19.8 Å². The van der Waals surface area contributed by atoms with E-state index in [2.05, 4.69) is 54.7 Å². The molecule has 16 heavy (non-hydrogen) atoms. The van der Waals surface area contributed by atoms with Gasteiger partial charge in [0.1, 0.15) is 7.11 Å². The van der Waals surface area contributed by atoms with Gasteiger partial charge in [-0.15, -0.1) is 0 Å². The Kier molecular flexibility index (Phi) is 2.58. The summed E-state index contributed by atoms with van der Waals surface area (Å²) in [6.07, 6.45) is 1.71. The first-order valence-corrected chi connectivity index (χ1v) is 5.43. The molecular weight excluding hydrogens is 198 g/mol. The van der Waals surface area contributed by atoms with Gasteiger partial charge < -0.3 is 4.84 Å². The Morgan fingerprint density at radius 3 is 2.31 bits per heavy atom. The van der Waals surface area contributed by atoms with Gasteiger partial charge in [0.15, 0.2) is 0 Å². The van der Waals surface area contributed by atoms with Crippen molar-refractivity contribution in [1.29, 1.82) is 0 Å². The second-order valence-electron chi connectivity index (χ2n) is 4.76. The van der Waals surface area contributed by atoms with Crippen LogP contribution in [0.3, 0.4) is 0 Å². The van der Waals surface area contributed by atoms with Gasteiger partial charge in [-0.05, 0) is 16.5 Å². The van der Waals surface area contributed by atoms with Crippen molar-refractivity contribution in [3.63, 3.8) is 0 Å². The van der Waals surface area contributed by atoms with Gasteiger partial charge in [0.2, 0.25) is 0 Å². The van der Waals surface area contributed by atoms with Crippen LogP contribution in [0.5, 0.6) is 0 Å². The average molecular weight is 215 g/mol. The highest BCUT2D eigenvalue weighted by atomic mass is 16.6. The zero-order valence-electron chi connectivity index (χ0n) is 10.0. The lowest BCUT2D eigenvalue weighted by Crippen LogP contribution is -1.90. The highest BCUT2D eigenvalue weighted by Gasteiger charge is 2.51. The van der Waals surface area contributed by atoms with Crippen LogP contribution in [0, 0.1) is 5.41 Å². The summed E-state index contributed by atoms with van der Waals surface area (Å²) in [6, 6.07) is 8.39. The van der Waals surface area contributed by atoms with Gasteiger partial charge in [-0.1, -0.05) is 55.4 Å². The Hall–Kier alpha value is -1.57. The molecular formula is C14H17NO. The number of hydrogen-bond donors (Lipinski definition) is 0. The zero-order chi connectivity index (χ0) is 11.8. The van der Waals surface area contributed by atoms with Crippen LogP contribution in [0.15, 0.2) is 41.6 Å². The van der Waals surface area contributed by atoms with Gasteiger partial charge in [-0.2, -0.15) is 0 Å². The molecule has 2 rings (SSSR count). The minimum absolute atomic E-state index is 0.266. The monoisotopic (exact) mass is 215 g/mol. The summed E-state index contributed by atoms with van der Waals surface area (Å²) in [6.45, 7) is 8.58. The van der Waals surface area contributed by atoms with E-state index in [1.807, 2.05) is 0 Å². The predicted octanol–water partition coefficient (Wildman–Crippen LogP) is 3.35. The van der Waals surface area contributed by atoms with Crippen LogP contribution in [0.25, 0.3) is 0 Å². The third kappa shape index (κ3) is 1.75. The fraction of sp³-hybridized carbons (Fsp3) is 0.357. The summed E-state index contributed by atoms with van der Waals surface area (Å²) in [5.74, 6) is 0.515. The third-order valence-electron chi connectivity index (χ3n) is 3.39. The Labute approximate surface area is 96.6 Å². The van der Waals surface area contributed by atoms with E-state index in [-0.39, 0.29) is 5.41 Å². The van der Waals surface area contributed by atoms with E-state index in [1.54, 1.807) is 13.3 Å². The summed E-state index contributed by atoms with van der Waals surface area (Å²) in [7, 11) is 1.54. The lowest BCUT2D eigenvalue weighted by molar-refractivity contribution is 0.215. The van der Waals surface area contributed by atoms with Crippen molar-refractivity contribution >= 4 is 6.21 Å². The smallest absolute Gasteiger partial charge is 0.106 e. The summed E-state index contributed by atoms with van der Waals surface area (Å²) >= 11 is 0. The summed E-state index contributed by atoms with van der Waals surface area (Å²) in [5.41, 5.74) is 3.98. The van der Waals surface area contributed by atoms with Crippen molar-refractivity contribution in [3.05, 3.63) is 47.5 Å². The van der Waals surface area contributed by atoms with Crippen LogP contribution in [0.2, 0.25) is 0 Å². The molecule has 0 saturated heterocycles. The molecule has 0 aliphatic heterocycles. The molecule has 0 radical (unpaired) electrons. The van der Waals surface area contributed by atoms with Gasteiger partial charge in [0.25, 0.3) is 0 Å². The zero-order valence-corrected chi connectivity index (χ0v) is 10.0. The predicted molar refractivity (Wildman–Crippen MR) is 66.7 cm³/mol. The molecule has 1 aliphatic carbocycles. The molecule has 2 nitrogen and oxygen atoms in total. The van der Waals surface area contributed by atoms with Crippen molar-refractivity contribution in [1.82, 2.24) is 0 Å². The first-order chi connectivity index (χ1) is 7.57. The van der Waals surface area contributed by atoms with Gasteiger partial charge in [-0.3, -0.25) is 0 Å². The van der Waals surface area contributed by atoms with E-state index in [9.17, 15) is 0 Å². The second kappa shape index (κ2) is 3.78. The van der Waals surface area contributed by atoms with Crippen LogP contribution in [-0.4, -0.2) is 13.3 Å². The fourth-order valence-corrected chi connectivity index (χ4v) is 2.14. The molecule has 0 N–H and O–H groups in total. The largest absolute Gasteiger partial charge is 0.399 e. The summed E-state index contributed by atoms with van der Waals surface area (Å²) < 4.78 is 0. The molecule has 2 heteroatoms. The summed E-state index contributed by atoms with van der Waals surface area (Å²) in [5, 5.41) is 3.73. The lowest BCUT2D eigenvalue weighted by Gasteiger charge is -2.02. The van der Waals surface area contributed by atoms with Crippen molar-refractivity contribution in [2.75, 3.05) is 7.11 Å². The Balaban J connectivity index is 2.15. The molecule has 1 atom stereocenters. The minimum atomic E-state index is 0.266. The first kappa shape index (κ1) is 10.9. The molecule has 1 saturated carbocycles. The first-order valence-electron chi connectivity index (χ1n) is 5.43. The highest BCUT2D eigenvalue weighted by Crippen LogP contribution is 2.62. The standard InChI is InChI=1S/C14H17NO/c1-10-13(14(10,2)3)12-7-5-11(6-8-12)9-15-16-4/h5-9,13H,1H2,2-4H3/b15-9+. The SMILES string of the molecule is C=C1C(c2ccc(/C=N/OC)cc2)C1(C)C. The van der Waals surface area contributed by atoms with E-state index in [4.69, 9.17) is 0 Å². The van der Waals surface area contributed by atoms with E-state index in [1.165, 1.54) is 11.1 Å². The van der Waals surface area contributed by atoms with E-state index < -0.39 is 0 Å². The topological polar surface area (TPSA) is 21.6 Å². The van der Waals surface area contributed by atoms with Crippen LogP contribution in [0.4, 0.5) is 0 Å². The van der Waals surface area contributed by atoms with E-state index >= 15 is 0 Å². The molecule has 1 aromatic rings. The maximum Gasteiger partial charge on any atom is 0.106 e. The highest BCUT2D eigenvalue weighted by molar-refractivity contribution is 5.79. The molecule has 0 aromatic heterocycles. The van der Waals surface area contributed by atoms with Gasteiger partial charge >= 0.3 is 0 Å². The van der Waals surface area contributed by atoms with Crippen molar-refractivity contribution in [3.8, 4) is 0 Å². The third-order valence-corrected chi connectivity index (χ3v) is 3.39. The average Bonchev–Trinajstić information content (AvgIpc) is 2.76. The number of hydrogen-bond acceptors (Lipinski definition) is 2. The van der Waals surface area contributed by atoms with E-state index in [0.29, 0.717) is 5.92 Å². The van der Waals surface area contributed by atoms with Crippen LogP contribution in [-0.2, 0) is 4.84 Å². The molecule has 1 unspecified atom stereocenters. The van der Waals surface area contributed by atoms with Crippen LogP contribution in [0.1, 0.15) is 30.9 Å². The number of rotatable bonds is 3. The molecule has 1 aromatic carbocycles. The number of benzene rings is 1. The van der Waals surface area contributed by atoms with E-state index in [0.717, 1.165) is 5.56 Å². The van der Waals surface area contributed by atoms with Crippen LogP contribution < -0.4 is 0 Å². The van der Waals surface area contributed by atoms with Gasteiger partial charge in [-0.25, -0.2) is 0 Å². The van der Waals surface area contributed by atoms with Gasteiger partial charge in [0.05, 0.1) is 6.21 Å². The van der Waals surface area contributed by atoms with Crippen molar-refractivity contribution in [2.24, 2.45) is 10.6 Å². The lowest BCUT2D eigenvalue weighted by atomic mass is 10.0. The van der Waals surface area contributed by atoms with Gasteiger partial charge in [0, 0.05) is 5.92 Å². The molecule has 0 bridgehead atoms. The molecule has 1 fully saturated rings. The number of nitrogens with zero attached hydrogens (tertiary/aromatic N) is 1. The Morgan fingerprint density at radius 2 is 1.88 bits per heavy atom. The number of allylic oxidation sites excluding steroid dienone is 1. The Bertz CT molecular complexity index is 429. The maximum atomic E-state index is 4.64. The molecule has 0 amide bonds. The fourth-order valence-electron chi connectivity index (χ4n) is 2.14. The quantitative estimate of drug-likeness (QED) is 0.430. The van der Waals surface area contributed by atoms with Crippen molar-refractivity contribution < 1.29 is 4.84 Å². The minimum Gasteiger partial charge on any atom is -0.399 e. The molecule has 0 heterocycles.